The second-order valence-electron chi connectivity index (χ2n) is 6.29. The number of pyridine rings is 1. The smallest absolute Gasteiger partial charge is 0.225 e. The summed E-state index contributed by atoms with van der Waals surface area (Å²) < 4.78 is 27.3. The van der Waals surface area contributed by atoms with Crippen LogP contribution in [0.15, 0.2) is 79.1 Å². The first kappa shape index (κ1) is 18.5. The number of hydrogen-bond acceptors (Lipinski definition) is 5. The van der Waals surface area contributed by atoms with Gasteiger partial charge in [-0.3, -0.25) is 4.98 Å². The van der Waals surface area contributed by atoms with Crippen LogP contribution in [0, 0.1) is 11.6 Å². The summed E-state index contributed by atoms with van der Waals surface area (Å²) in [6.45, 7) is 0.505. The van der Waals surface area contributed by atoms with Gasteiger partial charge in [0, 0.05) is 36.6 Å². The highest BCUT2D eigenvalue weighted by Gasteiger charge is 2.10. The Labute approximate surface area is 166 Å². The molecule has 7 heteroatoms. The van der Waals surface area contributed by atoms with Gasteiger partial charge in [-0.1, -0.05) is 30.3 Å². The summed E-state index contributed by atoms with van der Waals surface area (Å²) >= 11 is 0. The molecule has 0 saturated carbocycles. The fourth-order valence-electron chi connectivity index (χ4n) is 2.76. The molecule has 144 valence electrons. The maximum atomic E-state index is 14.1. The molecule has 2 aromatic heterocycles. The van der Waals surface area contributed by atoms with Crippen molar-refractivity contribution in [3.63, 3.8) is 0 Å². The molecule has 0 aliphatic heterocycles. The van der Waals surface area contributed by atoms with Crippen LogP contribution in [-0.2, 0) is 6.54 Å². The number of nitrogens with one attached hydrogen (secondary N) is 2. The van der Waals surface area contributed by atoms with Crippen LogP contribution >= 0.6 is 0 Å². The molecule has 0 amide bonds. The first-order chi connectivity index (χ1) is 14.2. The van der Waals surface area contributed by atoms with Crippen LogP contribution in [0.25, 0.3) is 11.3 Å². The minimum Gasteiger partial charge on any atom is -0.350 e. The standard InChI is InChI=1S/C22H17F2N5/c23-17-6-7-19(18(24)12-17)27-21-13-20(16-4-2-1-3-5-16)28-22(29-21)26-14-15-8-10-25-11-9-15/h1-13H,14H2,(H2,26,27,28,29). The lowest BCUT2D eigenvalue weighted by atomic mass is 10.1. The number of halogens is 2. The molecule has 0 aliphatic rings. The van der Waals surface area contributed by atoms with E-state index in [0.29, 0.717) is 24.0 Å². The van der Waals surface area contributed by atoms with Crippen molar-refractivity contribution in [2.24, 2.45) is 0 Å². The third-order valence-corrected chi connectivity index (χ3v) is 4.19. The molecular weight excluding hydrogens is 372 g/mol. The molecule has 0 atom stereocenters. The van der Waals surface area contributed by atoms with E-state index in [0.717, 1.165) is 17.2 Å². The van der Waals surface area contributed by atoms with Gasteiger partial charge in [0.1, 0.15) is 17.5 Å². The van der Waals surface area contributed by atoms with Crippen molar-refractivity contribution in [2.75, 3.05) is 10.6 Å². The Hall–Kier alpha value is -3.87. The van der Waals surface area contributed by atoms with Crippen LogP contribution in [0.3, 0.4) is 0 Å². The molecular formula is C22H17F2N5. The molecule has 4 aromatic rings. The lowest BCUT2D eigenvalue weighted by Gasteiger charge is -2.12. The van der Waals surface area contributed by atoms with Gasteiger partial charge in [0.15, 0.2) is 0 Å². The lowest BCUT2D eigenvalue weighted by molar-refractivity contribution is 0.586. The van der Waals surface area contributed by atoms with Crippen molar-refractivity contribution in [1.29, 1.82) is 0 Å². The van der Waals surface area contributed by atoms with Gasteiger partial charge in [-0.15, -0.1) is 0 Å². The zero-order chi connectivity index (χ0) is 20.1. The highest BCUT2D eigenvalue weighted by atomic mass is 19.1. The van der Waals surface area contributed by atoms with Gasteiger partial charge in [-0.2, -0.15) is 4.98 Å². The first-order valence-corrected chi connectivity index (χ1v) is 8.97. The third-order valence-electron chi connectivity index (χ3n) is 4.19. The Morgan fingerprint density at radius 2 is 1.62 bits per heavy atom. The Morgan fingerprint density at radius 1 is 0.828 bits per heavy atom. The summed E-state index contributed by atoms with van der Waals surface area (Å²) in [5.74, 6) is -0.564. The molecule has 2 N–H and O–H groups in total. The Morgan fingerprint density at radius 3 is 2.38 bits per heavy atom. The summed E-state index contributed by atoms with van der Waals surface area (Å²) in [5.41, 5.74) is 2.71. The molecule has 2 heterocycles. The van der Waals surface area contributed by atoms with Crippen molar-refractivity contribution < 1.29 is 8.78 Å². The van der Waals surface area contributed by atoms with E-state index >= 15 is 0 Å². The summed E-state index contributed by atoms with van der Waals surface area (Å²) in [4.78, 5) is 13.0. The van der Waals surface area contributed by atoms with Crippen molar-refractivity contribution in [2.45, 2.75) is 6.54 Å². The molecule has 0 bridgehead atoms. The largest absolute Gasteiger partial charge is 0.350 e. The minimum absolute atomic E-state index is 0.129. The molecule has 4 rings (SSSR count). The molecule has 0 radical (unpaired) electrons. The van der Waals surface area contributed by atoms with Crippen molar-refractivity contribution in [3.8, 4) is 11.3 Å². The Bertz CT molecular complexity index is 1100. The lowest BCUT2D eigenvalue weighted by Crippen LogP contribution is -2.07. The fourth-order valence-corrected chi connectivity index (χ4v) is 2.76. The number of aromatic nitrogens is 3. The van der Waals surface area contributed by atoms with E-state index in [9.17, 15) is 8.78 Å². The van der Waals surface area contributed by atoms with E-state index in [2.05, 4.69) is 25.6 Å². The summed E-state index contributed by atoms with van der Waals surface area (Å²) in [7, 11) is 0. The van der Waals surface area contributed by atoms with E-state index < -0.39 is 11.6 Å². The zero-order valence-corrected chi connectivity index (χ0v) is 15.3. The molecule has 0 aliphatic carbocycles. The second kappa shape index (κ2) is 8.43. The van der Waals surface area contributed by atoms with Crippen molar-refractivity contribution in [3.05, 3.63) is 96.3 Å². The van der Waals surface area contributed by atoms with Gasteiger partial charge in [0.25, 0.3) is 0 Å². The monoisotopic (exact) mass is 389 g/mol. The van der Waals surface area contributed by atoms with Crippen LogP contribution in [0.5, 0.6) is 0 Å². The van der Waals surface area contributed by atoms with E-state index in [1.807, 2.05) is 42.5 Å². The van der Waals surface area contributed by atoms with Gasteiger partial charge < -0.3 is 10.6 Å². The predicted molar refractivity (Wildman–Crippen MR) is 109 cm³/mol. The summed E-state index contributed by atoms with van der Waals surface area (Å²) in [5, 5.41) is 6.08. The second-order valence-corrected chi connectivity index (χ2v) is 6.29. The molecule has 0 unspecified atom stereocenters. The molecule has 29 heavy (non-hydrogen) atoms. The summed E-state index contributed by atoms with van der Waals surface area (Å²) in [6.07, 6.45) is 3.42. The number of anilines is 3. The normalized spacial score (nSPS) is 10.6. The summed E-state index contributed by atoms with van der Waals surface area (Å²) in [6, 6.07) is 18.4. The minimum atomic E-state index is -0.698. The molecule has 2 aromatic carbocycles. The van der Waals surface area contributed by atoms with Crippen molar-refractivity contribution in [1.82, 2.24) is 15.0 Å². The number of rotatable bonds is 6. The van der Waals surface area contributed by atoms with Gasteiger partial charge in [-0.05, 0) is 29.8 Å². The first-order valence-electron chi connectivity index (χ1n) is 8.97. The topological polar surface area (TPSA) is 62.7 Å². The van der Waals surface area contributed by atoms with E-state index in [-0.39, 0.29) is 5.69 Å². The van der Waals surface area contributed by atoms with Crippen LogP contribution in [0.4, 0.5) is 26.2 Å². The Kier molecular flexibility index (Phi) is 5.38. The van der Waals surface area contributed by atoms with E-state index in [1.54, 1.807) is 18.5 Å². The van der Waals surface area contributed by atoms with Crippen LogP contribution < -0.4 is 10.6 Å². The quantitative estimate of drug-likeness (QED) is 0.476. The molecule has 5 nitrogen and oxygen atoms in total. The van der Waals surface area contributed by atoms with Crippen LogP contribution in [0.1, 0.15) is 5.56 Å². The fraction of sp³-hybridized carbons (Fsp3) is 0.0455. The molecule has 0 saturated heterocycles. The van der Waals surface area contributed by atoms with Gasteiger partial charge in [0.2, 0.25) is 5.95 Å². The third kappa shape index (κ3) is 4.70. The maximum absolute atomic E-state index is 14.1. The Balaban J connectivity index is 1.66. The number of nitrogens with zero attached hydrogens (tertiary/aromatic N) is 3. The van der Waals surface area contributed by atoms with Gasteiger partial charge in [-0.25, -0.2) is 13.8 Å². The average molecular weight is 389 g/mol. The van der Waals surface area contributed by atoms with Crippen molar-refractivity contribution >= 4 is 17.5 Å². The molecule has 0 spiro atoms. The van der Waals surface area contributed by atoms with Crippen LogP contribution in [-0.4, -0.2) is 15.0 Å². The zero-order valence-electron chi connectivity index (χ0n) is 15.3. The maximum Gasteiger partial charge on any atom is 0.225 e. The molecule has 0 fully saturated rings. The number of hydrogen-bond donors (Lipinski definition) is 2. The van der Waals surface area contributed by atoms with Crippen LogP contribution in [0.2, 0.25) is 0 Å². The van der Waals surface area contributed by atoms with Gasteiger partial charge in [0.05, 0.1) is 11.4 Å². The SMILES string of the molecule is Fc1ccc(Nc2cc(-c3ccccc3)nc(NCc3ccncc3)n2)c(F)c1. The number of benzene rings is 2. The predicted octanol–water partition coefficient (Wildman–Crippen LogP) is 5.17. The van der Waals surface area contributed by atoms with Gasteiger partial charge >= 0.3 is 0 Å². The highest BCUT2D eigenvalue weighted by molar-refractivity contribution is 5.67. The van der Waals surface area contributed by atoms with E-state index in [4.69, 9.17) is 0 Å². The average Bonchev–Trinajstić information content (AvgIpc) is 2.75. The van der Waals surface area contributed by atoms with E-state index in [1.165, 1.54) is 12.1 Å². The highest BCUT2D eigenvalue weighted by Crippen LogP contribution is 2.25.